The monoisotopic (exact) mass is 260 g/mol. The number of pyridine rings is 1. The lowest BCUT2D eigenvalue weighted by molar-refractivity contribution is 0.452. The second-order valence-electron chi connectivity index (χ2n) is 4.89. The first-order valence-corrected chi connectivity index (χ1v) is 6.43. The van der Waals surface area contributed by atoms with Gasteiger partial charge in [-0.05, 0) is 45.9 Å². The Kier molecular flexibility index (Phi) is 3.90. The summed E-state index contributed by atoms with van der Waals surface area (Å²) in [5.74, 6) is 2.07. The summed E-state index contributed by atoms with van der Waals surface area (Å²) < 4.78 is 5.53. The number of furan rings is 1. The quantitative estimate of drug-likeness (QED) is 0.886. The third-order valence-corrected chi connectivity index (χ3v) is 3.21. The minimum absolute atomic E-state index is 0.152. The summed E-state index contributed by atoms with van der Waals surface area (Å²) in [6.07, 6.45) is 0. The lowest BCUT2D eigenvalue weighted by atomic mass is 10.1. The van der Waals surface area contributed by atoms with Crippen molar-refractivity contribution < 1.29 is 9.52 Å². The summed E-state index contributed by atoms with van der Waals surface area (Å²) in [6.45, 7) is 8.42. The standard InChI is InChI=1S/C15H20N2O2/c1-9-5-6-15(18)14(17-9)8-16-11(3)13-7-10(2)19-12(13)4/h5-7,11,16,18H,8H2,1-4H3. The Morgan fingerprint density at radius 1 is 1.32 bits per heavy atom. The highest BCUT2D eigenvalue weighted by atomic mass is 16.3. The molecule has 0 aliphatic carbocycles. The van der Waals surface area contributed by atoms with Gasteiger partial charge in [-0.1, -0.05) is 0 Å². The van der Waals surface area contributed by atoms with E-state index in [1.165, 1.54) is 0 Å². The van der Waals surface area contributed by atoms with Crippen molar-refractivity contribution in [2.45, 2.75) is 40.3 Å². The zero-order valence-corrected chi connectivity index (χ0v) is 11.8. The van der Waals surface area contributed by atoms with E-state index in [9.17, 15) is 5.11 Å². The van der Waals surface area contributed by atoms with Gasteiger partial charge >= 0.3 is 0 Å². The Labute approximate surface area is 113 Å². The second kappa shape index (κ2) is 5.45. The van der Waals surface area contributed by atoms with Crippen LogP contribution >= 0.6 is 0 Å². The lowest BCUT2D eigenvalue weighted by Crippen LogP contribution is -2.19. The second-order valence-corrected chi connectivity index (χ2v) is 4.89. The van der Waals surface area contributed by atoms with Crippen LogP contribution in [0.3, 0.4) is 0 Å². The van der Waals surface area contributed by atoms with Crippen LogP contribution in [0, 0.1) is 20.8 Å². The van der Waals surface area contributed by atoms with Crippen molar-refractivity contribution in [3.8, 4) is 5.75 Å². The third kappa shape index (κ3) is 3.15. The highest BCUT2D eigenvalue weighted by Gasteiger charge is 2.13. The number of aromatic hydroxyl groups is 1. The summed E-state index contributed by atoms with van der Waals surface area (Å²) in [5.41, 5.74) is 2.71. The molecule has 0 saturated carbocycles. The molecule has 1 unspecified atom stereocenters. The molecule has 0 spiro atoms. The molecule has 4 nitrogen and oxygen atoms in total. The molecular formula is C15H20N2O2. The van der Waals surface area contributed by atoms with Gasteiger partial charge in [0.25, 0.3) is 0 Å². The predicted octanol–water partition coefficient (Wildman–Crippen LogP) is 3.16. The molecule has 2 aromatic heterocycles. The molecule has 0 aliphatic rings. The first kappa shape index (κ1) is 13.6. The van der Waals surface area contributed by atoms with Crippen LogP contribution in [0.4, 0.5) is 0 Å². The van der Waals surface area contributed by atoms with Crippen LogP contribution in [0.2, 0.25) is 0 Å². The fraction of sp³-hybridized carbons (Fsp3) is 0.400. The van der Waals surface area contributed by atoms with E-state index in [2.05, 4.69) is 17.2 Å². The van der Waals surface area contributed by atoms with Gasteiger partial charge in [-0.15, -0.1) is 0 Å². The smallest absolute Gasteiger partial charge is 0.138 e. The van der Waals surface area contributed by atoms with Crippen LogP contribution in [0.25, 0.3) is 0 Å². The molecule has 102 valence electrons. The van der Waals surface area contributed by atoms with Crippen LogP contribution in [0.5, 0.6) is 5.75 Å². The Hall–Kier alpha value is -1.81. The highest BCUT2D eigenvalue weighted by Crippen LogP contribution is 2.22. The summed E-state index contributed by atoms with van der Waals surface area (Å²) >= 11 is 0. The maximum absolute atomic E-state index is 9.76. The molecular weight excluding hydrogens is 240 g/mol. The van der Waals surface area contributed by atoms with Gasteiger partial charge in [0.15, 0.2) is 0 Å². The molecule has 2 heterocycles. The number of aryl methyl sites for hydroxylation is 3. The van der Waals surface area contributed by atoms with E-state index in [1.54, 1.807) is 12.1 Å². The van der Waals surface area contributed by atoms with E-state index >= 15 is 0 Å². The van der Waals surface area contributed by atoms with Gasteiger partial charge < -0.3 is 14.8 Å². The lowest BCUT2D eigenvalue weighted by Gasteiger charge is -2.13. The van der Waals surface area contributed by atoms with E-state index in [1.807, 2.05) is 26.8 Å². The molecule has 2 aromatic rings. The molecule has 0 amide bonds. The van der Waals surface area contributed by atoms with Gasteiger partial charge in [0.05, 0.1) is 5.69 Å². The molecule has 0 fully saturated rings. The summed E-state index contributed by atoms with van der Waals surface area (Å²) in [5, 5.41) is 13.1. The van der Waals surface area contributed by atoms with E-state index in [0.717, 1.165) is 22.8 Å². The molecule has 1 atom stereocenters. The van der Waals surface area contributed by atoms with Crippen LogP contribution in [-0.4, -0.2) is 10.1 Å². The van der Waals surface area contributed by atoms with Gasteiger partial charge in [0, 0.05) is 23.8 Å². The molecule has 0 bridgehead atoms. The molecule has 0 radical (unpaired) electrons. The Balaban J connectivity index is 2.06. The third-order valence-electron chi connectivity index (χ3n) is 3.21. The Morgan fingerprint density at radius 2 is 2.05 bits per heavy atom. The number of hydrogen-bond donors (Lipinski definition) is 2. The van der Waals surface area contributed by atoms with Crippen molar-refractivity contribution in [1.82, 2.24) is 10.3 Å². The molecule has 2 N–H and O–H groups in total. The first-order chi connectivity index (χ1) is 8.97. The summed E-state index contributed by atoms with van der Waals surface area (Å²) in [7, 11) is 0. The maximum atomic E-state index is 9.76. The summed E-state index contributed by atoms with van der Waals surface area (Å²) in [4.78, 5) is 4.33. The molecule has 0 saturated heterocycles. The van der Waals surface area contributed by atoms with Crippen LogP contribution in [0.15, 0.2) is 22.6 Å². The number of nitrogens with zero attached hydrogens (tertiary/aromatic N) is 1. The van der Waals surface area contributed by atoms with Crippen LogP contribution in [0.1, 0.15) is 41.4 Å². The molecule has 2 rings (SSSR count). The number of hydrogen-bond acceptors (Lipinski definition) is 4. The SMILES string of the molecule is Cc1ccc(O)c(CNC(C)c2cc(C)oc2C)n1. The average Bonchev–Trinajstić information content (AvgIpc) is 2.69. The first-order valence-electron chi connectivity index (χ1n) is 6.43. The number of aromatic nitrogens is 1. The van der Waals surface area contributed by atoms with Crippen molar-refractivity contribution in [3.05, 3.63) is 46.7 Å². The van der Waals surface area contributed by atoms with Crippen LogP contribution < -0.4 is 5.32 Å². The minimum Gasteiger partial charge on any atom is -0.506 e. The van der Waals surface area contributed by atoms with Gasteiger partial charge in [0.1, 0.15) is 17.3 Å². The molecule has 0 aliphatic heterocycles. The maximum Gasteiger partial charge on any atom is 0.138 e. The highest BCUT2D eigenvalue weighted by molar-refractivity contribution is 5.28. The van der Waals surface area contributed by atoms with Crippen molar-refractivity contribution in [2.24, 2.45) is 0 Å². The van der Waals surface area contributed by atoms with Crippen LogP contribution in [-0.2, 0) is 6.54 Å². The molecule has 0 aromatic carbocycles. The number of rotatable bonds is 4. The minimum atomic E-state index is 0.152. The van der Waals surface area contributed by atoms with E-state index < -0.39 is 0 Å². The fourth-order valence-electron chi connectivity index (χ4n) is 2.17. The fourth-order valence-corrected chi connectivity index (χ4v) is 2.17. The van der Waals surface area contributed by atoms with Gasteiger partial charge in [-0.3, -0.25) is 4.98 Å². The van der Waals surface area contributed by atoms with Crippen molar-refractivity contribution in [2.75, 3.05) is 0 Å². The average molecular weight is 260 g/mol. The Bertz CT molecular complexity index is 576. The molecule has 4 heteroatoms. The zero-order valence-electron chi connectivity index (χ0n) is 11.8. The number of nitrogens with one attached hydrogen (secondary N) is 1. The molecule has 19 heavy (non-hydrogen) atoms. The largest absolute Gasteiger partial charge is 0.506 e. The Morgan fingerprint density at radius 3 is 2.68 bits per heavy atom. The van der Waals surface area contributed by atoms with Gasteiger partial charge in [-0.2, -0.15) is 0 Å². The predicted molar refractivity (Wildman–Crippen MR) is 74.1 cm³/mol. The summed E-state index contributed by atoms with van der Waals surface area (Å²) in [6, 6.07) is 5.67. The van der Waals surface area contributed by atoms with Gasteiger partial charge in [-0.25, -0.2) is 0 Å². The normalized spacial score (nSPS) is 12.6. The zero-order chi connectivity index (χ0) is 14.0. The van der Waals surface area contributed by atoms with Gasteiger partial charge in [0.2, 0.25) is 0 Å². The van der Waals surface area contributed by atoms with E-state index in [-0.39, 0.29) is 11.8 Å². The topological polar surface area (TPSA) is 58.3 Å². The van der Waals surface area contributed by atoms with Crippen molar-refractivity contribution in [3.63, 3.8) is 0 Å². The van der Waals surface area contributed by atoms with Crippen molar-refractivity contribution in [1.29, 1.82) is 0 Å². The van der Waals surface area contributed by atoms with E-state index in [4.69, 9.17) is 4.42 Å². The van der Waals surface area contributed by atoms with E-state index in [0.29, 0.717) is 12.2 Å². The van der Waals surface area contributed by atoms with Crippen molar-refractivity contribution >= 4 is 0 Å².